The Balaban J connectivity index is 1.61. The van der Waals surface area contributed by atoms with Gasteiger partial charge >= 0.3 is 0 Å². The molecule has 3 nitrogen and oxygen atoms in total. The maximum absolute atomic E-state index is 6.51. The second-order valence-corrected chi connectivity index (χ2v) is 8.57. The van der Waals surface area contributed by atoms with E-state index < -0.39 is 0 Å². The Labute approximate surface area is 203 Å². The zero-order chi connectivity index (χ0) is 22.2. The molecule has 0 unspecified atom stereocenters. The van der Waals surface area contributed by atoms with Gasteiger partial charge in [0.05, 0.1) is 16.7 Å². The zero-order valence-corrected chi connectivity index (χ0v) is 20.1. The minimum Gasteiger partial charge on any atom is -0.490 e. The van der Waals surface area contributed by atoms with Crippen LogP contribution in [0.2, 0.25) is 20.1 Å². The van der Waals surface area contributed by atoms with Crippen molar-refractivity contribution in [3.63, 3.8) is 0 Å². The van der Waals surface area contributed by atoms with Gasteiger partial charge in [-0.05, 0) is 66.9 Å². The average molecular weight is 499 g/mol. The van der Waals surface area contributed by atoms with E-state index in [1.807, 2.05) is 43.3 Å². The standard InChI is InChI=1S/C24H23Cl4NO2/c1-2-30-23-12-18(14-29-10-9-16-3-6-19(25)7-4-16)21(27)13-24(23)31-15-17-5-8-20(26)22(28)11-17/h3-8,11-13,29H,2,9-10,14-15H2,1H3. The summed E-state index contributed by atoms with van der Waals surface area (Å²) in [7, 11) is 0. The third-order valence-electron chi connectivity index (χ3n) is 4.61. The third-order valence-corrected chi connectivity index (χ3v) is 5.95. The number of ether oxygens (including phenoxy) is 2. The van der Waals surface area contributed by atoms with Crippen molar-refractivity contribution in [2.75, 3.05) is 13.2 Å². The lowest BCUT2D eigenvalue weighted by atomic mass is 10.1. The fourth-order valence-corrected chi connectivity index (χ4v) is 3.66. The van der Waals surface area contributed by atoms with E-state index in [-0.39, 0.29) is 0 Å². The number of hydrogen-bond acceptors (Lipinski definition) is 3. The van der Waals surface area contributed by atoms with Crippen LogP contribution in [0.3, 0.4) is 0 Å². The first kappa shape index (κ1) is 24.0. The van der Waals surface area contributed by atoms with Crippen molar-refractivity contribution >= 4 is 46.4 Å². The molecule has 0 saturated heterocycles. The Morgan fingerprint density at radius 2 is 1.45 bits per heavy atom. The smallest absolute Gasteiger partial charge is 0.163 e. The number of hydrogen-bond donors (Lipinski definition) is 1. The highest BCUT2D eigenvalue weighted by Gasteiger charge is 2.12. The summed E-state index contributed by atoms with van der Waals surface area (Å²) in [6.07, 6.45) is 0.901. The molecular formula is C24H23Cl4NO2. The minimum absolute atomic E-state index is 0.325. The fraction of sp³-hybridized carbons (Fsp3) is 0.250. The van der Waals surface area contributed by atoms with Crippen LogP contribution in [-0.2, 0) is 19.6 Å². The maximum atomic E-state index is 6.51. The lowest BCUT2D eigenvalue weighted by Gasteiger charge is -2.15. The molecule has 0 heterocycles. The first-order chi connectivity index (χ1) is 15.0. The van der Waals surface area contributed by atoms with E-state index in [4.69, 9.17) is 55.9 Å². The molecule has 31 heavy (non-hydrogen) atoms. The largest absolute Gasteiger partial charge is 0.490 e. The van der Waals surface area contributed by atoms with E-state index >= 15 is 0 Å². The summed E-state index contributed by atoms with van der Waals surface area (Å²) >= 11 is 24.5. The fourth-order valence-electron chi connectivity index (χ4n) is 2.99. The van der Waals surface area contributed by atoms with Gasteiger partial charge in [0, 0.05) is 22.7 Å². The number of halogens is 4. The van der Waals surface area contributed by atoms with Crippen LogP contribution >= 0.6 is 46.4 Å². The predicted molar refractivity (Wildman–Crippen MR) is 130 cm³/mol. The monoisotopic (exact) mass is 497 g/mol. The van der Waals surface area contributed by atoms with E-state index in [2.05, 4.69) is 5.32 Å². The van der Waals surface area contributed by atoms with Gasteiger partial charge in [0.15, 0.2) is 11.5 Å². The highest BCUT2D eigenvalue weighted by molar-refractivity contribution is 6.42. The summed E-state index contributed by atoms with van der Waals surface area (Å²) in [5.41, 5.74) is 3.08. The van der Waals surface area contributed by atoms with Crippen LogP contribution in [0.5, 0.6) is 11.5 Å². The van der Waals surface area contributed by atoms with Crippen molar-refractivity contribution < 1.29 is 9.47 Å². The first-order valence-electron chi connectivity index (χ1n) is 9.93. The normalized spacial score (nSPS) is 10.9. The van der Waals surface area contributed by atoms with Crippen LogP contribution in [0.4, 0.5) is 0 Å². The molecule has 0 amide bonds. The molecule has 3 rings (SSSR count). The second kappa shape index (κ2) is 11.8. The van der Waals surface area contributed by atoms with E-state index in [1.165, 1.54) is 5.56 Å². The van der Waals surface area contributed by atoms with Crippen LogP contribution in [-0.4, -0.2) is 13.2 Å². The number of nitrogens with one attached hydrogen (secondary N) is 1. The topological polar surface area (TPSA) is 30.5 Å². The van der Waals surface area contributed by atoms with E-state index in [0.717, 1.165) is 29.1 Å². The van der Waals surface area contributed by atoms with Gasteiger partial charge in [-0.15, -0.1) is 0 Å². The Morgan fingerprint density at radius 1 is 0.742 bits per heavy atom. The Morgan fingerprint density at radius 3 is 2.16 bits per heavy atom. The molecule has 164 valence electrons. The predicted octanol–water partition coefficient (Wildman–Crippen LogP) is 7.61. The summed E-state index contributed by atoms with van der Waals surface area (Å²) in [4.78, 5) is 0. The highest BCUT2D eigenvalue weighted by Crippen LogP contribution is 2.34. The SMILES string of the molecule is CCOc1cc(CNCCc2ccc(Cl)cc2)c(Cl)cc1OCc1ccc(Cl)c(Cl)c1. The van der Waals surface area contributed by atoms with Crippen LogP contribution < -0.4 is 14.8 Å². The molecule has 0 aliphatic rings. The summed E-state index contributed by atoms with van der Waals surface area (Å²) in [5, 5.41) is 5.79. The van der Waals surface area contributed by atoms with Crippen molar-refractivity contribution in [3.05, 3.63) is 91.4 Å². The van der Waals surface area contributed by atoms with Crippen molar-refractivity contribution in [1.82, 2.24) is 5.32 Å². The second-order valence-electron chi connectivity index (χ2n) is 6.91. The van der Waals surface area contributed by atoms with Gasteiger partial charge < -0.3 is 14.8 Å². The molecule has 0 radical (unpaired) electrons. The Bertz CT molecular complexity index is 1010. The van der Waals surface area contributed by atoms with Gasteiger partial charge in [-0.3, -0.25) is 0 Å². The molecule has 0 aliphatic heterocycles. The molecule has 0 aromatic heterocycles. The molecule has 0 bridgehead atoms. The lowest BCUT2D eigenvalue weighted by Crippen LogP contribution is -2.17. The van der Waals surface area contributed by atoms with Crippen molar-refractivity contribution in [2.24, 2.45) is 0 Å². The van der Waals surface area contributed by atoms with Crippen LogP contribution in [0, 0.1) is 0 Å². The summed E-state index contributed by atoms with van der Waals surface area (Å²) in [6.45, 7) is 4.22. The average Bonchev–Trinajstić information content (AvgIpc) is 2.75. The summed E-state index contributed by atoms with van der Waals surface area (Å²) in [5.74, 6) is 1.24. The maximum Gasteiger partial charge on any atom is 0.163 e. The molecule has 3 aromatic carbocycles. The van der Waals surface area contributed by atoms with Crippen LogP contribution in [0.15, 0.2) is 54.6 Å². The van der Waals surface area contributed by atoms with Gasteiger partial charge in [0.2, 0.25) is 0 Å². The highest BCUT2D eigenvalue weighted by atomic mass is 35.5. The molecule has 1 N–H and O–H groups in total. The summed E-state index contributed by atoms with van der Waals surface area (Å²) in [6, 6.07) is 17.0. The van der Waals surface area contributed by atoms with Gasteiger partial charge in [-0.25, -0.2) is 0 Å². The molecule has 0 atom stereocenters. The molecule has 0 fully saturated rings. The molecule has 0 aliphatic carbocycles. The quantitative estimate of drug-likeness (QED) is 0.292. The van der Waals surface area contributed by atoms with Crippen molar-refractivity contribution in [2.45, 2.75) is 26.5 Å². The van der Waals surface area contributed by atoms with Crippen LogP contribution in [0.25, 0.3) is 0 Å². The number of benzene rings is 3. The molecular weight excluding hydrogens is 476 g/mol. The van der Waals surface area contributed by atoms with Crippen molar-refractivity contribution in [3.8, 4) is 11.5 Å². The van der Waals surface area contributed by atoms with Crippen LogP contribution in [0.1, 0.15) is 23.6 Å². The zero-order valence-electron chi connectivity index (χ0n) is 17.1. The van der Waals surface area contributed by atoms with E-state index in [0.29, 0.717) is 46.3 Å². The first-order valence-corrected chi connectivity index (χ1v) is 11.4. The Hall–Kier alpha value is -1.62. The molecule has 0 spiro atoms. The third kappa shape index (κ3) is 7.20. The van der Waals surface area contributed by atoms with Gasteiger partial charge in [0.25, 0.3) is 0 Å². The van der Waals surface area contributed by atoms with Gasteiger partial charge in [0.1, 0.15) is 6.61 Å². The minimum atomic E-state index is 0.325. The molecule has 3 aromatic rings. The van der Waals surface area contributed by atoms with E-state index in [1.54, 1.807) is 18.2 Å². The lowest BCUT2D eigenvalue weighted by molar-refractivity contribution is 0.269. The van der Waals surface area contributed by atoms with Crippen molar-refractivity contribution in [1.29, 1.82) is 0 Å². The number of rotatable bonds is 10. The Kier molecular flexibility index (Phi) is 9.18. The van der Waals surface area contributed by atoms with E-state index in [9.17, 15) is 0 Å². The molecule has 7 heteroatoms. The van der Waals surface area contributed by atoms with Gasteiger partial charge in [-0.2, -0.15) is 0 Å². The van der Waals surface area contributed by atoms with Gasteiger partial charge in [-0.1, -0.05) is 64.6 Å². The summed E-state index contributed by atoms with van der Waals surface area (Å²) < 4.78 is 11.7. The molecule has 0 saturated carbocycles.